The molecule has 0 aromatic heterocycles. The lowest BCUT2D eigenvalue weighted by atomic mass is 10.2. The molecule has 1 rings (SSSR count). The Morgan fingerprint density at radius 3 is 2.55 bits per heavy atom. The highest BCUT2D eigenvalue weighted by atomic mass is 35.5. The SMILES string of the molecule is N#C/C=C(\Cl)c1ccccc1. The summed E-state index contributed by atoms with van der Waals surface area (Å²) in [6.45, 7) is 0. The van der Waals surface area contributed by atoms with Gasteiger partial charge in [-0.15, -0.1) is 0 Å². The zero-order valence-electron chi connectivity index (χ0n) is 5.79. The summed E-state index contributed by atoms with van der Waals surface area (Å²) in [4.78, 5) is 0. The summed E-state index contributed by atoms with van der Waals surface area (Å²) >= 11 is 5.74. The minimum atomic E-state index is 0.480. The van der Waals surface area contributed by atoms with Gasteiger partial charge in [0.15, 0.2) is 0 Å². The minimum absolute atomic E-state index is 0.480. The largest absolute Gasteiger partial charge is 0.193 e. The van der Waals surface area contributed by atoms with Crippen LogP contribution in [0.25, 0.3) is 5.03 Å². The highest BCUT2D eigenvalue weighted by Gasteiger charge is 1.93. The summed E-state index contributed by atoms with van der Waals surface area (Å²) in [5, 5.41) is 8.77. The molecule has 2 heteroatoms. The maximum absolute atomic E-state index is 8.29. The summed E-state index contributed by atoms with van der Waals surface area (Å²) < 4.78 is 0. The van der Waals surface area contributed by atoms with E-state index in [0.29, 0.717) is 5.03 Å². The second kappa shape index (κ2) is 3.80. The van der Waals surface area contributed by atoms with Gasteiger partial charge in [-0.05, 0) is 5.56 Å². The first kappa shape index (κ1) is 7.84. The Hall–Kier alpha value is -1.26. The van der Waals surface area contributed by atoms with Gasteiger partial charge in [-0.3, -0.25) is 0 Å². The van der Waals surface area contributed by atoms with Gasteiger partial charge in [0, 0.05) is 6.08 Å². The monoisotopic (exact) mass is 163 g/mol. The van der Waals surface area contributed by atoms with Crippen LogP contribution in [0.2, 0.25) is 0 Å². The number of halogens is 1. The van der Waals surface area contributed by atoms with Gasteiger partial charge in [0.1, 0.15) is 0 Å². The number of benzene rings is 1. The van der Waals surface area contributed by atoms with Gasteiger partial charge in [-0.2, -0.15) is 5.26 Å². The van der Waals surface area contributed by atoms with E-state index in [1.807, 2.05) is 36.4 Å². The molecule has 0 N–H and O–H groups in total. The van der Waals surface area contributed by atoms with Crippen LogP contribution in [0.5, 0.6) is 0 Å². The number of hydrogen-bond donors (Lipinski definition) is 0. The van der Waals surface area contributed by atoms with Crippen LogP contribution < -0.4 is 0 Å². The van der Waals surface area contributed by atoms with Crippen molar-refractivity contribution in [2.24, 2.45) is 0 Å². The van der Waals surface area contributed by atoms with E-state index in [0.717, 1.165) is 5.56 Å². The zero-order chi connectivity index (χ0) is 8.10. The molecule has 0 heterocycles. The van der Waals surface area contributed by atoms with Crippen LogP contribution in [0.15, 0.2) is 36.4 Å². The highest BCUT2D eigenvalue weighted by Crippen LogP contribution is 2.16. The van der Waals surface area contributed by atoms with Crippen molar-refractivity contribution in [3.63, 3.8) is 0 Å². The quantitative estimate of drug-likeness (QED) is 0.584. The van der Waals surface area contributed by atoms with E-state index in [9.17, 15) is 0 Å². The molecule has 0 amide bonds. The van der Waals surface area contributed by atoms with E-state index in [1.165, 1.54) is 6.08 Å². The van der Waals surface area contributed by atoms with Gasteiger partial charge in [-0.1, -0.05) is 41.9 Å². The van der Waals surface area contributed by atoms with Crippen molar-refractivity contribution in [1.29, 1.82) is 5.26 Å². The number of allylic oxidation sites excluding steroid dienone is 1. The Kier molecular flexibility index (Phi) is 2.71. The normalized spacial score (nSPS) is 10.7. The van der Waals surface area contributed by atoms with Crippen molar-refractivity contribution in [2.75, 3.05) is 0 Å². The topological polar surface area (TPSA) is 23.8 Å². The number of nitrogens with zero attached hydrogens (tertiary/aromatic N) is 1. The first-order valence-corrected chi connectivity index (χ1v) is 3.53. The lowest BCUT2D eigenvalue weighted by molar-refractivity contribution is 1.53. The van der Waals surface area contributed by atoms with E-state index >= 15 is 0 Å². The third kappa shape index (κ3) is 2.10. The number of nitriles is 1. The van der Waals surface area contributed by atoms with Crippen LogP contribution in [0.3, 0.4) is 0 Å². The van der Waals surface area contributed by atoms with Crippen molar-refractivity contribution in [3.05, 3.63) is 42.0 Å². The van der Waals surface area contributed by atoms with Crippen LogP contribution in [0.4, 0.5) is 0 Å². The van der Waals surface area contributed by atoms with Crippen LogP contribution in [-0.2, 0) is 0 Å². The fourth-order valence-electron chi connectivity index (χ4n) is 0.737. The Morgan fingerprint density at radius 1 is 1.36 bits per heavy atom. The van der Waals surface area contributed by atoms with E-state index in [1.54, 1.807) is 0 Å². The minimum Gasteiger partial charge on any atom is -0.193 e. The average Bonchev–Trinajstić information content (AvgIpc) is 2.07. The second-order valence-corrected chi connectivity index (χ2v) is 2.39. The summed E-state index contributed by atoms with van der Waals surface area (Å²) in [5.74, 6) is 0. The van der Waals surface area contributed by atoms with Crippen molar-refractivity contribution in [2.45, 2.75) is 0 Å². The summed E-state index contributed by atoms with van der Waals surface area (Å²) in [6, 6.07) is 11.2. The molecule has 0 radical (unpaired) electrons. The van der Waals surface area contributed by atoms with Crippen molar-refractivity contribution in [3.8, 4) is 6.07 Å². The molecular formula is C9H6ClN. The van der Waals surface area contributed by atoms with E-state index in [2.05, 4.69) is 0 Å². The van der Waals surface area contributed by atoms with Gasteiger partial charge in [-0.25, -0.2) is 0 Å². The molecule has 54 valence electrons. The first-order valence-electron chi connectivity index (χ1n) is 3.15. The van der Waals surface area contributed by atoms with E-state index in [-0.39, 0.29) is 0 Å². The van der Waals surface area contributed by atoms with Gasteiger partial charge >= 0.3 is 0 Å². The van der Waals surface area contributed by atoms with Crippen LogP contribution in [0.1, 0.15) is 5.56 Å². The fourth-order valence-corrected chi connectivity index (χ4v) is 0.912. The Labute approximate surface area is 70.5 Å². The molecule has 0 aliphatic heterocycles. The van der Waals surface area contributed by atoms with Gasteiger partial charge in [0.2, 0.25) is 0 Å². The fraction of sp³-hybridized carbons (Fsp3) is 0. The predicted molar refractivity (Wildman–Crippen MR) is 45.9 cm³/mol. The molecule has 0 fully saturated rings. The summed E-state index contributed by atoms with van der Waals surface area (Å²) in [6.07, 6.45) is 1.32. The molecule has 1 aromatic carbocycles. The molecule has 1 nitrogen and oxygen atoms in total. The van der Waals surface area contributed by atoms with Crippen LogP contribution in [-0.4, -0.2) is 0 Å². The smallest absolute Gasteiger partial charge is 0.0927 e. The van der Waals surface area contributed by atoms with Crippen LogP contribution in [0, 0.1) is 11.3 Å². The van der Waals surface area contributed by atoms with Gasteiger partial charge in [0.05, 0.1) is 11.1 Å². The molecule has 11 heavy (non-hydrogen) atoms. The van der Waals surface area contributed by atoms with Gasteiger partial charge < -0.3 is 0 Å². The lowest BCUT2D eigenvalue weighted by Gasteiger charge is -1.93. The predicted octanol–water partition coefficient (Wildman–Crippen LogP) is 2.79. The number of rotatable bonds is 1. The Bertz CT molecular complexity index is 295. The second-order valence-electron chi connectivity index (χ2n) is 1.99. The van der Waals surface area contributed by atoms with E-state index in [4.69, 9.17) is 16.9 Å². The third-order valence-corrected chi connectivity index (χ3v) is 1.57. The average molecular weight is 164 g/mol. The molecule has 0 saturated carbocycles. The Balaban J connectivity index is 2.96. The maximum Gasteiger partial charge on any atom is 0.0927 e. The van der Waals surface area contributed by atoms with Gasteiger partial charge in [0.25, 0.3) is 0 Å². The first-order chi connectivity index (χ1) is 5.34. The summed E-state index contributed by atoms with van der Waals surface area (Å²) in [5.41, 5.74) is 0.871. The lowest BCUT2D eigenvalue weighted by Crippen LogP contribution is -1.73. The molecule has 0 unspecified atom stereocenters. The van der Waals surface area contributed by atoms with E-state index < -0.39 is 0 Å². The molecule has 1 aromatic rings. The standard InChI is InChI=1S/C9H6ClN/c10-9(6-7-11)8-4-2-1-3-5-8/h1-6H/b9-6-. The van der Waals surface area contributed by atoms with Crippen LogP contribution >= 0.6 is 11.6 Å². The highest BCUT2D eigenvalue weighted by molar-refractivity contribution is 6.48. The molecule has 0 aliphatic carbocycles. The molecule has 0 atom stereocenters. The molecule has 0 spiro atoms. The number of hydrogen-bond acceptors (Lipinski definition) is 1. The summed E-state index contributed by atoms with van der Waals surface area (Å²) in [7, 11) is 0. The third-order valence-electron chi connectivity index (χ3n) is 1.24. The molecule has 0 bridgehead atoms. The maximum atomic E-state index is 8.29. The molecular weight excluding hydrogens is 158 g/mol. The zero-order valence-corrected chi connectivity index (χ0v) is 6.55. The molecule has 0 saturated heterocycles. The molecule has 0 aliphatic rings. The Morgan fingerprint density at radius 2 is 2.00 bits per heavy atom. The van der Waals surface area contributed by atoms with Crippen molar-refractivity contribution in [1.82, 2.24) is 0 Å². The van der Waals surface area contributed by atoms with Crippen molar-refractivity contribution < 1.29 is 0 Å². The van der Waals surface area contributed by atoms with Crippen molar-refractivity contribution >= 4 is 16.6 Å².